The fourth-order valence-corrected chi connectivity index (χ4v) is 3.98. The summed E-state index contributed by atoms with van der Waals surface area (Å²) in [6.45, 7) is 0. The Morgan fingerprint density at radius 1 is 1.11 bits per heavy atom. The molecule has 142 valence electrons. The van der Waals surface area contributed by atoms with Gasteiger partial charge in [-0.25, -0.2) is 0 Å². The fraction of sp³-hybridized carbons (Fsp3) is 0.444. The van der Waals surface area contributed by atoms with Crippen LogP contribution in [0.15, 0.2) is 18.2 Å². The summed E-state index contributed by atoms with van der Waals surface area (Å²) in [7, 11) is 0. The van der Waals surface area contributed by atoms with Crippen molar-refractivity contribution in [1.82, 2.24) is 10.2 Å². The Kier molecular flexibility index (Phi) is 4.20. The first-order valence-corrected chi connectivity index (χ1v) is 8.91. The molecule has 9 nitrogen and oxygen atoms in total. The maximum absolute atomic E-state index is 12.8. The van der Waals surface area contributed by atoms with Gasteiger partial charge in [0.2, 0.25) is 11.8 Å². The molecule has 3 aliphatic rings. The molecule has 4 atom stereocenters. The largest absolute Gasteiger partial charge is 0.391 e. The molecule has 2 heterocycles. The molecule has 1 unspecified atom stereocenters. The maximum atomic E-state index is 12.8. The standard InChI is InChI=1S/C18H20N4O5/c19-8-5-12(14(23)6-8)20-9-1-2-10-11(7-9)18(27)22(17(10)26)13-3-4-15(24)21-16(13)25/h1-2,7-8,12-14,20,23H,3-6,19H2,(H,21,24,25)/t8-,12-,13?,14-/m0/s1. The highest BCUT2D eigenvalue weighted by Crippen LogP contribution is 2.30. The van der Waals surface area contributed by atoms with Crippen LogP contribution in [0.1, 0.15) is 46.4 Å². The van der Waals surface area contributed by atoms with Crippen LogP contribution in [0.2, 0.25) is 0 Å². The van der Waals surface area contributed by atoms with Gasteiger partial charge in [0, 0.05) is 18.2 Å². The van der Waals surface area contributed by atoms with Crippen molar-refractivity contribution in [2.75, 3.05) is 5.32 Å². The fourth-order valence-electron chi connectivity index (χ4n) is 3.98. The van der Waals surface area contributed by atoms with Crippen LogP contribution in [-0.4, -0.2) is 57.9 Å². The van der Waals surface area contributed by atoms with Gasteiger partial charge >= 0.3 is 0 Å². The van der Waals surface area contributed by atoms with Crippen molar-refractivity contribution in [1.29, 1.82) is 0 Å². The quantitative estimate of drug-likeness (QED) is 0.517. The first-order chi connectivity index (χ1) is 12.8. The minimum atomic E-state index is -0.985. The van der Waals surface area contributed by atoms with Crippen LogP contribution in [0.5, 0.6) is 0 Å². The summed E-state index contributed by atoms with van der Waals surface area (Å²) < 4.78 is 0. The van der Waals surface area contributed by atoms with Crippen molar-refractivity contribution >= 4 is 29.3 Å². The summed E-state index contributed by atoms with van der Waals surface area (Å²) in [5.41, 5.74) is 6.87. The zero-order valence-corrected chi connectivity index (χ0v) is 14.5. The van der Waals surface area contributed by atoms with E-state index in [0.717, 1.165) is 4.90 Å². The third-order valence-corrected chi connectivity index (χ3v) is 5.36. The van der Waals surface area contributed by atoms with Gasteiger partial charge in [-0.15, -0.1) is 0 Å². The third-order valence-electron chi connectivity index (χ3n) is 5.36. The number of fused-ring (bicyclic) bond motifs is 1. The Labute approximate surface area is 154 Å². The van der Waals surface area contributed by atoms with Gasteiger partial charge in [-0.1, -0.05) is 0 Å². The van der Waals surface area contributed by atoms with Gasteiger partial charge in [-0.2, -0.15) is 0 Å². The summed E-state index contributed by atoms with van der Waals surface area (Å²) in [5.74, 6) is -2.15. The zero-order valence-electron chi connectivity index (χ0n) is 14.5. The molecular formula is C18H20N4O5. The first-order valence-electron chi connectivity index (χ1n) is 8.91. The number of nitrogens with zero attached hydrogens (tertiary/aromatic N) is 1. The molecule has 1 aliphatic carbocycles. The second-order valence-electron chi connectivity index (χ2n) is 7.26. The number of nitrogens with two attached hydrogens (primary N) is 1. The van der Waals surface area contributed by atoms with E-state index in [1.165, 1.54) is 6.07 Å². The molecule has 9 heteroatoms. The van der Waals surface area contributed by atoms with E-state index in [9.17, 15) is 24.3 Å². The van der Waals surface area contributed by atoms with E-state index in [2.05, 4.69) is 10.6 Å². The Hall–Kier alpha value is -2.78. The number of nitrogens with one attached hydrogen (secondary N) is 2. The number of rotatable bonds is 3. The van der Waals surface area contributed by atoms with Gasteiger partial charge in [-0.3, -0.25) is 29.4 Å². The smallest absolute Gasteiger partial charge is 0.262 e. The first kappa shape index (κ1) is 17.6. The molecule has 1 aromatic rings. The molecule has 5 N–H and O–H groups in total. The Morgan fingerprint density at radius 2 is 1.85 bits per heavy atom. The van der Waals surface area contributed by atoms with Crippen LogP contribution in [0.25, 0.3) is 0 Å². The summed E-state index contributed by atoms with van der Waals surface area (Å²) in [6.07, 6.45) is 0.728. The van der Waals surface area contributed by atoms with Crippen LogP contribution in [0.4, 0.5) is 5.69 Å². The van der Waals surface area contributed by atoms with Crippen molar-refractivity contribution in [2.24, 2.45) is 5.73 Å². The average molecular weight is 372 g/mol. The molecule has 1 saturated heterocycles. The van der Waals surface area contributed by atoms with Gasteiger partial charge < -0.3 is 16.2 Å². The Bertz CT molecular complexity index is 854. The molecular weight excluding hydrogens is 352 g/mol. The van der Waals surface area contributed by atoms with Gasteiger partial charge in [0.1, 0.15) is 6.04 Å². The molecule has 0 aromatic heterocycles. The van der Waals surface area contributed by atoms with Gasteiger partial charge in [0.15, 0.2) is 0 Å². The van der Waals surface area contributed by atoms with E-state index in [1.807, 2.05) is 0 Å². The number of carbonyl (C=O) groups excluding carboxylic acids is 4. The summed E-state index contributed by atoms with van der Waals surface area (Å²) in [4.78, 5) is 49.7. The van der Waals surface area contributed by atoms with Crippen LogP contribution >= 0.6 is 0 Å². The van der Waals surface area contributed by atoms with Gasteiger partial charge in [0.05, 0.1) is 23.3 Å². The number of piperidine rings is 1. The minimum absolute atomic E-state index is 0.0798. The van der Waals surface area contributed by atoms with E-state index in [0.29, 0.717) is 18.5 Å². The minimum Gasteiger partial charge on any atom is -0.391 e. The van der Waals surface area contributed by atoms with E-state index in [1.54, 1.807) is 12.1 Å². The number of anilines is 1. The number of hydrogen-bond donors (Lipinski definition) is 4. The number of aliphatic hydroxyl groups is 1. The molecule has 0 spiro atoms. The maximum Gasteiger partial charge on any atom is 0.262 e. The van der Waals surface area contributed by atoms with Crippen molar-refractivity contribution in [2.45, 2.75) is 49.9 Å². The summed E-state index contributed by atoms with van der Waals surface area (Å²) >= 11 is 0. The average Bonchev–Trinajstić information content (AvgIpc) is 3.05. The molecule has 0 radical (unpaired) electrons. The van der Waals surface area contributed by atoms with Gasteiger partial charge in [0.25, 0.3) is 11.8 Å². The molecule has 27 heavy (non-hydrogen) atoms. The number of amides is 4. The van der Waals surface area contributed by atoms with E-state index >= 15 is 0 Å². The lowest BCUT2D eigenvalue weighted by Gasteiger charge is -2.27. The molecule has 1 aromatic carbocycles. The summed E-state index contributed by atoms with van der Waals surface area (Å²) in [6, 6.07) is 3.45. The van der Waals surface area contributed by atoms with Crippen molar-refractivity contribution in [3.8, 4) is 0 Å². The number of benzene rings is 1. The lowest BCUT2D eigenvalue weighted by Crippen LogP contribution is -2.54. The lowest BCUT2D eigenvalue weighted by molar-refractivity contribution is -0.136. The Balaban J connectivity index is 1.56. The summed E-state index contributed by atoms with van der Waals surface area (Å²) in [5, 5.41) is 15.4. The van der Waals surface area contributed by atoms with Crippen LogP contribution < -0.4 is 16.4 Å². The normalized spacial score (nSPS) is 30.5. The molecule has 4 amide bonds. The number of carbonyl (C=O) groups is 4. The Morgan fingerprint density at radius 3 is 2.52 bits per heavy atom. The molecule has 1 saturated carbocycles. The van der Waals surface area contributed by atoms with Crippen LogP contribution in [0, 0.1) is 0 Å². The van der Waals surface area contributed by atoms with E-state index in [4.69, 9.17) is 5.73 Å². The molecule has 2 aliphatic heterocycles. The van der Waals surface area contributed by atoms with E-state index < -0.39 is 35.8 Å². The topological polar surface area (TPSA) is 142 Å². The monoisotopic (exact) mass is 372 g/mol. The second kappa shape index (κ2) is 6.43. The molecule has 0 bridgehead atoms. The van der Waals surface area contributed by atoms with E-state index in [-0.39, 0.29) is 36.1 Å². The van der Waals surface area contributed by atoms with Crippen LogP contribution in [-0.2, 0) is 9.59 Å². The number of hydrogen-bond acceptors (Lipinski definition) is 7. The van der Waals surface area contributed by atoms with Crippen molar-refractivity contribution < 1.29 is 24.3 Å². The predicted molar refractivity (Wildman–Crippen MR) is 93.7 cm³/mol. The van der Waals surface area contributed by atoms with Crippen molar-refractivity contribution in [3.63, 3.8) is 0 Å². The highest BCUT2D eigenvalue weighted by atomic mass is 16.3. The number of aliphatic hydroxyl groups excluding tert-OH is 1. The van der Waals surface area contributed by atoms with Crippen molar-refractivity contribution in [3.05, 3.63) is 29.3 Å². The SMILES string of the molecule is N[C@H]1C[C@H](Nc2ccc3c(c2)C(=O)N(C2CCC(=O)NC2=O)C3=O)[C@@H](O)C1. The van der Waals surface area contributed by atoms with Gasteiger partial charge in [-0.05, 0) is 37.5 Å². The molecule has 2 fully saturated rings. The van der Waals surface area contributed by atoms with Crippen LogP contribution in [0.3, 0.4) is 0 Å². The zero-order chi connectivity index (χ0) is 19.3. The highest BCUT2D eigenvalue weighted by molar-refractivity contribution is 6.23. The third kappa shape index (κ3) is 2.98. The lowest BCUT2D eigenvalue weighted by atomic mass is 10.0. The highest BCUT2D eigenvalue weighted by Gasteiger charge is 2.44. The predicted octanol–water partition coefficient (Wildman–Crippen LogP) is -0.650. The molecule has 4 rings (SSSR count). The number of imide groups is 2. The second-order valence-corrected chi connectivity index (χ2v) is 7.26.